The molecule has 0 aromatic heterocycles. The van der Waals surface area contributed by atoms with E-state index < -0.39 is 12.7 Å². The number of alkyl halides is 3. The number of nitrogens with one attached hydrogen (secondary N) is 1. The molecule has 6 heteroatoms. The summed E-state index contributed by atoms with van der Waals surface area (Å²) in [7, 11) is 0. The Balaban J connectivity index is 2.24. The Kier molecular flexibility index (Phi) is 6.04. The molecule has 3 nitrogen and oxygen atoms in total. The average Bonchev–Trinajstić information content (AvgIpc) is 2.26. The van der Waals surface area contributed by atoms with E-state index in [0.29, 0.717) is 26.2 Å². The van der Waals surface area contributed by atoms with Crippen LogP contribution in [0.4, 0.5) is 13.2 Å². The molecule has 118 valence electrons. The van der Waals surface area contributed by atoms with Crippen LogP contribution in [0.3, 0.4) is 0 Å². The minimum atomic E-state index is -4.09. The third-order valence-corrected chi connectivity index (χ3v) is 3.18. The predicted molar refractivity (Wildman–Crippen MR) is 75.8 cm³/mol. The van der Waals surface area contributed by atoms with Crippen molar-refractivity contribution in [1.82, 2.24) is 15.1 Å². The first-order valence-electron chi connectivity index (χ1n) is 6.98. The van der Waals surface area contributed by atoms with E-state index in [1.807, 2.05) is 0 Å². The summed E-state index contributed by atoms with van der Waals surface area (Å²) in [6.45, 7) is 13.3. The van der Waals surface area contributed by atoms with Gasteiger partial charge in [0.25, 0.3) is 0 Å². The normalized spacial score (nSPS) is 19.3. The minimum absolute atomic E-state index is 0.0499. The number of rotatable bonds is 5. The van der Waals surface area contributed by atoms with Crippen LogP contribution in [0.5, 0.6) is 0 Å². The third-order valence-electron chi connectivity index (χ3n) is 3.18. The molecule has 1 heterocycles. The summed E-state index contributed by atoms with van der Waals surface area (Å²) in [6, 6.07) is 0. The Hall–Kier alpha value is -0.590. The summed E-state index contributed by atoms with van der Waals surface area (Å²) in [5.41, 5.74) is 1.12. The zero-order chi connectivity index (χ0) is 15.4. The molecule has 1 aliphatic heterocycles. The lowest BCUT2D eigenvalue weighted by atomic mass is 10.1. The molecular weight excluding hydrogens is 267 g/mol. The van der Waals surface area contributed by atoms with Gasteiger partial charge in [0.1, 0.15) is 0 Å². The molecule has 0 radical (unpaired) electrons. The summed E-state index contributed by atoms with van der Waals surface area (Å²) in [5.74, 6) is 0. The minimum Gasteiger partial charge on any atom is -0.308 e. The Labute approximate surface area is 119 Å². The zero-order valence-corrected chi connectivity index (χ0v) is 12.7. The fraction of sp³-hybridized carbons (Fsp3) is 0.857. The first kappa shape index (κ1) is 17.5. The van der Waals surface area contributed by atoms with Gasteiger partial charge < -0.3 is 5.32 Å². The monoisotopic (exact) mass is 293 g/mol. The van der Waals surface area contributed by atoms with Crippen molar-refractivity contribution in [2.75, 3.05) is 45.8 Å². The van der Waals surface area contributed by atoms with Crippen molar-refractivity contribution in [3.63, 3.8) is 0 Å². The highest BCUT2D eigenvalue weighted by Crippen LogP contribution is 2.17. The van der Waals surface area contributed by atoms with Gasteiger partial charge in [0.05, 0.1) is 6.54 Å². The van der Waals surface area contributed by atoms with Crippen molar-refractivity contribution in [3.05, 3.63) is 12.2 Å². The van der Waals surface area contributed by atoms with Gasteiger partial charge >= 0.3 is 6.18 Å². The van der Waals surface area contributed by atoms with E-state index in [2.05, 4.69) is 37.6 Å². The highest BCUT2D eigenvalue weighted by atomic mass is 19.4. The Bertz CT molecular complexity index is 313. The van der Waals surface area contributed by atoms with Gasteiger partial charge in [-0.1, -0.05) is 6.58 Å². The van der Waals surface area contributed by atoms with Crippen molar-refractivity contribution in [2.24, 2.45) is 0 Å². The first-order chi connectivity index (χ1) is 9.05. The maximum absolute atomic E-state index is 12.3. The Morgan fingerprint density at radius 1 is 1.05 bits per heavy atom. The average molecular weight is 293 g/mol. The molecule has 0 bridgehead atoms. The topological polar surface area (TPSA) is 18.5 Å². The van der Waals surface area contributed by atoms with E-state index in [-0.39, 0.29) is 5.54 Å². The van der Waals surface area contributed by atoms with Gasteiger partial charge in [-0.25, -0.2) is 0 Å². The maximum Gasteiger partial charge on any atom is 0.401 e. The summed E-state index contributed by atoms with van der Waals surface area (Å²) in [6.07, 6.45) is -4.09. The van der Waals surface area contributed by atoms with E-state index in [4.69, 9.17) is 0 Å². The van der Waals surface area contributed by atoms with E-state index in [9.17, 15) is 13.2 Å². The van der Waals surface area contributed by atoms with Crippen molar-refractivity contribution in [2.45, 2.75) is 32.5 Å². The van der Waals surface area contributed by atoms with Crippen LogP contribution in [-0.4, -0.2) is 67.3 Å². The summed E-state index contributed by atoms with van der Waals surface area (Å²) in [4.78, 5) is 3.63. The Morgan fingerprint density at radius 3 is 2.00 bits per heavy atom. The molecule has 20 heavy (non-hydrogen) atoms. The van der Waals surface area contributed by atoms with Crippen LogP contribution in [0.25, 0.3) is 0 Å². The van der Waals surface area contributed by atoms with Crippen LogP contribution >= 0.6 is 0 Å². The maximum atomic E-state index is 12.3. The lowest BCUT2D eigenvalue weighted by Crippen LogP contribution is -2.50. The fourth-order valence-electron chi connectivity index (χ4n) is 2.12. The van der Waals surface area contributed by atoms with Crippen molar-refractivity contribution in [3.8, 4) is 0 Å². The molecule has 0 aromatic rings. The third kappa shape index (κ3) is 7.87. The highest BCUT2D eigenvalue weighted by Gasteiger charge is 2.32. The van der Waals surface area contributed by atoms with Gasteiger partial charge in [0, 0.05) is 44.8 Å². The molecule has 0 aromatic carbocycles. The summed E-state index contributed by atoms with van der Waals surface area (Å²) >= 11 is 0. The van der Waals surface area contributed by atoms with Crippen molar-refractivity contribution >= 4 is 0 Å². The quantitative estimate of drug-likeness (QED) is 0.783. The molecule has 0 atom stereocenters. The molecule has 0 aliphatic carbocycles. The number of halogens is 3. The van der Waals surface area contributed by atoms with Crippen LogP contribution < -0.4 is 5.32 Å². The van der Waals surface area contributed by atoms with Gasteiger partial charge in [0.2, 0.25) is 0 Å². The second-order valence-corrected chi connectivity index (χ2v) is 6.52. The van der Waals surface area contributed by atoms with Gasteiger partial charge in [-0.3, -0.25) is 9.80 Å². The number of piperazine rings is 1. The van der Waals surface area contributed by atoms with Crippen molar-refractivity contribution < 1.29 is 13.2 Å². The van der Waals surface area contributed by atoms with Gasteiger partial charge in [-0.05, 0) is 26.3 Å². The van der Waals surface area contributed by atoms with Crippen LogP contribution in [0.1, 0.15) is 20.8 Å². The number of nitrogens with zero attached hydrogens (tertiary/aromatic N) is 2. The molecular formula is C14H26F3N3. The Morgan fingerprint density at radius 2 is 1.55 bits per heavy atom. The van der Waals surface area contributed by atoms with Gasteiger partial charge in [-0.2, -0.15) is 13.2 Å². The highest BCUT2D eigenvalue weighted by molar-refractivity contribution is 5.01. The smallest absolute Gasteiger partial charge is 0.308 e. The molecule has 0 saturated carbocycles. The lowest BCUT2D eigenvalue weighted by molar-refractivity contribution is -0.149. The largest absolute Gasteiger partial charge is 0.401 e. The van der Waals surface area contributed by atoms with Crippen LogP contribution in [0.15, 0.2) is 12.2 Å². The fourth-order valence-corrected chi connectivity index (χ4v) is 2.12. The van der Waals surface area contributed by atoms with Crippen molar-refractivity contribution in [1.29, 1.82) is 0 Å². The molecule has 1 rings (SSSR count). The second kappa shape index (κ2) is 6.91. The van der Waals surface area contributed by atoms with E-state index >= 15 is 0 Å². The molecule has 0 unspecified atom stereocenters. The predicted octanol–water partition coefficient (Wildman–Crippen LogP) is 2.11. The van der Waals surface area contributed by atoms with Crippen LogP contribution in [-0.2, 0) is 0 Å². The van der Waals surface area contributed by atoms with E-state index in [0.717, 1.165) is 18.7 Å². The molecule has 1 N–H and O–H groups in total. The van der Waals surface area contributed by atoms with E-state index in [1.165, 1.54) is 4.90 Å². The van der Waals surface area contributed by atoms with Crippen LogP contribution in [0.2, 0.25) is 0 Å². The van der Waals surface area contributed by atoms with E-state index in [1.54, 1.807) is 0 Å². The molecule has 1 aliphatic rings. The molecule has 0 amide bonds. The van der Waals surface area contributed by atoms with Crippen LogP contribution in [0, 0.1) is 0 Å². The lowest BCUT2D eigenvalue weighted by Gasteiger charge is -2.35. The second-order valence-electron chi connectivity index (χ2n) is 6.52. The van der Waals surface area contributed by atoms with Gasteiger partial charge in [-0.15, -0.1) is 0 Å². The zero-order valence-electron chi connectivity index (χ0n) is 12.7. The molecule has 0 spiro atoms. The summed E-state index contributed by atoms with van der Waals surface area (Å²) < 4.78 is 36.8. The molecule has 1 fully saturated rings. The number of hydrogen-bond acceptors (Lipinski definition) is 3. The number of hydrogen-bond donors (Lipinski definition) is 1. The SMILES string of the molecule is C=C(CNC(C)(C)C)CN1CCN(CC(F)(F)F)CC1. The summed E-state index contributed by atoms with van der Waals surface area (Å²) in [5, 5.41) is 3.37. The standard InChI is InChI=1S/C14H26F3N3/c1-12(9-18-13(2,3)4)10-19-5-7-20(8-6-19)11-14(15,16)17/h18H,1,5-11H2,2-4H3. The van der Waals surface area contributed by atoms with Gasteiger partial charge in [0.15, 0.2) is 0 Å². The molecule has 1 saturated heterocycles. The first-order valence-corrected chi connectivity index (χ1v) is 6.98.